The van der Waals surface area contributed by atoms with Crippen molar-refractivity contribution in [2.45, 2.75) is 83.2 Å². The minimum absolute atomic E-state index is 0.00927. The van der Waals surface area contributed by atoms with E-state index >= 15 is 0 Å². The molecule has 0 aromatic carbocycles. The zero-order chi connectivity index (χ0) is 26.9. The maximum Gasteiger partial charge on any atom is 0.336 e. The Balaban J connectivity index is 1.46. The summed E-state index contributed by atoms with van der Waals surface area (Å²) in [6, 6.07) is 0. The number of fused-ring (bicyclic) bond motifs is 5. The largest absolute Gasteiger partial charge is 0.458 e. The number of aliphatic hydroxyl groups excluding tert-OH is 3. The summed E-state index contributed by atoms with van der Waals surface area (Å²) < 4.78 is 11.0. The van der Waals surface area contributed by atoms with Gasteiger partial charge in [-0.3, -0.25) is 4.79 Å². The van der Waals surface area contributed by atoms with E-state index in [4.69, 9.17) is 9.47 Å². The number of hydrogen-bond acceptors (Lipinski definition) is 8. The smallest absolute Gasteiger partial charge is 0.336 e. The van der Waals surface area contributed by atoms with E-state index < -0.39 is 40.7 Å². The van der Waals surface area contributed by atoms with Crippen molar-refractivity contribution in [3.63, 3.8) is 0 Å². The van der Waals surface area contributed by atoms with Crippen LogP contribution in [0.5, 0.6) is 0 Å². The molecule has 1 heterocycles. The van der Waals surface area contributed by atoms with Crippen LogP contribution in [-0.2, 0) is 19.1 Å². The fourth-order valence-electron chi connectivity index (χ4n) is 9.34. The molecule has 8 nitrogen and oxygen atoms in total. The Labute approximate surface area is 218 Å². The quantitative estimate of drug-likeness (QED) is 0.406. The fourth-order valence-corrected chi connectivity index (χ4v) is 9.34. The van der Waals surface area contributed by atoms with Gasteiger partial charge in [-0.05, 0) is 81.1 Å². The predicted octanol–water partition coefficient (Wildman–Crippen LogP) is 1.93. The molecule has 3 fully saturated rings. The third kappa shape index (κ3) is 3.59. The number of carbonyl (C=O) groups excluding carboxylic acids is 2. The average Bonchev–Trinajstić information content (AvgIpc) is 3.20. The molecular formula is C29H42O8. The number of hydrogen-bond donors (Lipinski definition) is 4. The van der Waals surface area contributed by atoms with Gasteiger partial charge in [-0.2, -0.15) is 0 Å². The van der Waals surface area contributed by atoms with Crippen LogP contribution in [0.25, 0.3) is 0 Å². The van der Waals surface area contributed by atoms with Gasteiger partial charge in [0.05, 0.1) is 29.8 Å². The molecule has 0 saturated heterocycles. The number of aliphatic hydroxyl groups is 4. The molecule has 37 heavy (non-hydrogen) atoms. The molecule has 4 aliphatic carbocycles. The normalized spacial score (nSPS) is 48.3. The molecule has 8 heteroatoms. The molecule has 0 unspecified atom stereocenters. The first-order chi connectivity index (χ1) is 17.4. The van der Waals surface area contributed by atoms with Crippen molar-refractivity contribution in [1.29, 1.82) is 0 Å². The minimum Gasteiger partial charge on any atom is -0.458 e. The van der Waals surface area contributed by atoms with Crippen molar-refractivity contribution in [1.82, 2.24) is 0 Å². The summed E-state index contributed by atoms with van der Waals surface area (Å²) in [7, 11) is 1.54. The summed E-state index contributed by atoms with van der Waals surface area (Å²) >= 11 is 0. The van der Waals surface area contributed by atoms with Crippen LogP contribution in [0, 0.1) is 40.4 Å². The predicted molar refractivity (Wildman–Crippen MR) is 134 cm³/mol. The van der Waals surface area contributed by atoms with Crippen molar-refractivity contribution in [2.75, 3.05) is 20.3 Å². The number of carbonyl (C=O) groups is 2. The van der Waals surface area contributed by atoms with Gasteiger partial charge < -0.3 is 29.9 Å². The van der Waals surface area contributed by atoms with Crippen LogP contribution in [0.4, 0.5) is 0 Å². The topological polar surface area (TPSA) is 134 Å². The Morgan fingerprint density at radius 3 is 2.51 bits per heavy atom. The minimum atomic E-state index is -1.54. The second kappa shape index (κ2) is 9.26. The number of methoxy groups -OCH3 is 1. The summed E-state index contributed by atoms with van der Waals surface area (Å²) in [5.41, 5.74) is -1.87. The molecule has 0 amide bonds. The zero-order valence-electron chi connectivity index (χ0n) is 22.4. The van der Waals surface area contributed by atoms with Crippen LogP contribution in [-0.4, -0.2) is 76.4 Å². The molecule has 11 atom stereocenters. The van der Waals surface area contributed by atoms with Gasteiger partial charge in [0.2, 0.25) is 0 Å². The Bertz CT molecular complexity index is 1020. The molecule has 4 N–H and O–H groups in total. The first-order valence-electron chi connectivity index (χ1n) is 13.7. The van der Waals surface area contributed by atoms with E-state index in [0.29, 0.717) is 24.8 Å². The van der Waals surface area contributed by atoms with Gasteiger partial charge in [-0.25, -0.2) is 4.79 Å². The van der Waals surface area contributed by atoms with Crippen molar-refractivity contribution < 1.29 is 39.5 Å². The highest BCUT2D eigenvalue weighted by Crippen LogP contribution is 2.68. The summed E-state index contributed by atoms with van der Waals surface area (Å²) in [4.78, 5) is 26.0. The van der Waals surface area contributed by atoms with Gasteiger partial charge in [-0.15, -0.1) is 0 Å². The average molecular weight is 519 g/mol. The van der Waals surface area contributed by atoms with E-state index in [1.807, 2.05) is 6.92 Å². The maximum atomic E-state index is 13.3. The monoisotopic (exact) mass is 518 g/mol. The highest BCUT2D eigenvalue weighted by atomic mass is 16.5. The van der Waals surface area contributed by atoms with Gasteiger partial charge >= 0.3 is 5.97 Å². The van der Waals surface area contributed by atoms with Crippen LogP contribution in [0.15, 0.2) is 23.3 Å². The number of ketones is 1. The second-order valence-electron chi connectivity index (χ2n) is 12.7. The first-order valence-corrected chi connectivity index (χ1v) is 13.7. The van der Waals surface area contributed by atoms with Crippen LogP contribution >= 0.6 is 0 Å². The van der Waals surface area contributed by atoms with Crippen LogP contribution in [0.2, 0.25) is 0 Å². The molecule has 5 aliphatic rings. The third-order valence-electron chi connectivity index (χ3n) is 11.5. The standard InChI is InChI=1S/C29H42O8/c1-15-10-22(37-26(34)18(15)14-36-4)17(13-30)20-8-7-19-16-11-25(33)29(35)9-5-6-23(31)28(29,3)21(16)12-24(32)27(19,20)2/h5-6,16-17,19-22,24-25,30,32-33,35H,7-14H2,1-4H3/t16-,17+,19-,20+,21-,22+,24+,25+,27-,28-,29-/m0/s1. The van der Waals surface area contributed by atoms with Gasteiger partial charge in [0.15, 0.2) is 5.78 Å². The van der Waals surface area contributed by atoms with Crippen LogP contribution < -0.4 is 0 Å². The van der Waals surface area contributed by atoms with Gasteiger partial charge in [0, 0.05) is 26.1 Å². The number of rotatable bonds is 5. The molecule has 3 saturated carbocycles. The fraction of sp³-hybridized carbons (Fsp3) is 0.793. The molecule has 0 aromatic rings. The Morgan fingerprint density at radius 2 is 1.86 bits per heavy atom. The van der Waals surface area contributed by atoms with Crippen molar-refractivity contribution in [3.05, 3.63) is 23.3 Å². The highest BCUT2D eigenvalue weighted by molar-refractivity contribution is 5.97. The lowest BCUT2D eigenvalue weighted by Crippen LogP contribution is -2.70. The number of allylic oxidation sites excluding steroid dienone is 1. The Hall–Kier alpha value is -1.58. The van der Waals surface area contributed by atoms with Crippen LogP contribution in [0.3, 0.4) is 0 Å². The highest BCUT2D eigenvalue weighted by Gasteiger charge is 2.71. The van der Waals surface area contributed by atoms with Crippen molar-refractivity contribution in [3.8, 4) is 0 Å². The van der Waals surface area contributed by atoms with E-state index in [9.17, 15) is 30.0 Å². The molecule has 0 bridgehead atoms. The third-order valence-corrected chi connectivity index (χ3v) is 11.5. The molecule has 0 spiro atoms. The summed E-state index contributed by atoms with van der Waals surface area (Å²) in [5, 5.41) is 45.1. The van der Waals surface area contributed by atoms with E-state index in [-0.39, 0.29) is 55.0 Å². The SMILES string of the molecule is COCC1=C(C)C[C@H]([C@H](CO)[C@H]2CC[C@H]3[C@@H]4C[C@@H](O)[C@@]5(O)CC=CC(=O)[C@]5(C)[C@H]4C[C@@H](O)[C@]23C)OC1=O. The summed E-state index contributed by atoms with van der Waals surface area (Å²) in [6.45, 7) is 5.76. The van der Waals surface area contributed by atoms with Gasteiger partial charge in [-0.1, -0.05) is 18.6 Å². The summed E-state index contributed by atoms with van der Waals surface area (Å²) in [5.74, 6) is -1.33. The van der Waals surface area contributed by atoms with Gasteiger partial charge in [0.1, 0.15) is 11.7 Å². The van der Waals surface area contributed by atoms with E-state index in [0.717, 1.165) is 18.4 Å². The Kier molecular flexibility index (Phi) is 6.76. The van der Waals surface area contributed by atoms with E-state index in [2.05, 4.69) is 6.92 Å². The first kappa shape index (κ1) is 27.0. The maximum absolute atomic E-state index is 13.3. The van der Waals surface area contributed by atoms with E-state index in [1.165, 1.54) is 13.2 Å². The molecule has 206 valence electrons. The zero-order valence-corrected chi connectivity index (χ0v) is 22.4. The lowest BCUT2D eigenvalue weighted by Gasteiger charge is -2.64. The van der Waals surface area contributed by atoms with Crippen molar-refractivity contribution >= 4 is 11.8 Å². The molecule has 0 radical (unpaired) electrons. The molecule has 0 aromatic heterocycles. The van der Waals surface area contributed by atoms with Crippen molar-refractivity contribution in [2.24, 2.45) is 40.4 Å². The summed E-state index contributed by atoms with van der Waals surface area (Å²) in [6.07, 6.45) is 3.88. The number of ether oxygens (including phenoxy) is 2. The Morgan fingerprint density at radius 1 is 1.14 bits per heavy atom. The van der Waals surface area contributed by atoms with E-state index in [1.54, 1.807) is 13.0 Å². The van der Waals surface area contributed by atoms with Gasteiger partial charge in [0.25, 0.3) is 0 Å². The lowest BCUT2D eigenvalue weighted by molar-refractivity contribution is -0.246. The second-order valence-corrected chi connectivity index (χ2v) is 12.7. The molecular weight excluding hydrogens is 476 g/mol. The number of cyclic esters (lactones) is 1. The lowest BCUT2D eigenvalue weighted by atomic mass is 9.42. The number of esters is 1. The molecule has 5 rings (SSSR count). The van der Waals surface area contributed by atoms with Crippen LogP contribution in [0.1, 0.15) is 59.3 Å². The molecule has 1 aliphatic heterocycles.